The first kappa shape index (κ1) is 24.5. The molecule has 3 aromatic rings. The molecule has 1 fully saturated rings. The van der Waals surface area contributed by atoms with Gasteiger partial charge in [-0.05, 0) is 67.0 Å². The van der Waals surface area contributed by atoms with Gasteiger partial charge in [0.1, 0.15) is 6.04 Å². The summed E-state index contributed by atoms with van der Waals surface area (Å²) in [7, 11) is -3.89. The maximum atomic E-state index is 13.5. The van der Waals surface area contributed by atoms with Gasteiger partial charge in [-0.2, -0.15) is 4.72 Å². The zero-order chi connectivity index (χ0) is 24.0. The van der Waals surface area contributed by atoms with E-state index in [1.54, 1.807) is 4.90 Å². The summed E-state index contributed by atoms with van der Waals surface area (Å²) < 4.78 is 28.8. The highest BCUT2D eigenvalue weighted by atomic mass is 35.5. The SMILES string of the molecule is O=C([C@@H](Cc1ccccc1)NS(=O)(=O)c1ccc(Cl)cc1)N1CCC(Cc2ccccc2)CC1. The van der Waals surface area contributed by atoms with E-state index in [9.17, 15) is 13.2 Å². The summed E-state index contributed by atoms with van der Waals surface area (Å²) in [5.41, 5.74) is 2.21. The Morgan fingerprint density at radius 3 is 2.03 bits per heavy atom. The van der Waals surface area contributed by atoms with E-state index in [1.807, 2.05) is 36.4 Å². The monoisotopic (exact) mass is 496 g/mol. The molecule has 1 saturated heterocycles. The van der Waals surface area contributed by atoms with E-state index in [0.29, 0.717) is 24.0 Å². The highest BCUT2D eigenvalue weighted by molar-refractivity contribution is 7.89. The van der Waals surface area contributed by atoms with Gasteiger partial charge in [0.05, 0.1) is 4.90 Å². The fourth-order valence-electron chi connectivity index (χ4n) is 4.42. The minimum atomic E-state index is -3.89. The molecule has 178 valence electrons. The third-order valence-corrected chi connectivity index (χ3v) is 8.04. The van der Waals surface area contributed by atoms with Crippen LogP contribution in [-0.4, -0.2) is 38.4 Å². The van der Waals surface area contributed by atoms with Gasteiger partial charge in [0, 0.05) is 18.1 Å². The zero-order valence-electron chi connectivity index (χ0n) is 18.9. The number of amides is 1. The molecule has 0 aromatic heterocycles. The predicted octanol–water partition coefficient (Wildman–Crippen LogP) is 4.71. The lowest BCUT2D eigenvalue weighted by Gasteiger charge is -2.34. The van der Waals surface area contributed by atoms with Gasteiger partial charge in [0.25, 0.3) is 0 Å². The van der Waals surface area contributed by atoms with Crippen molar-refractivity contribution < 1.29 is 13.2 Å². The third-order valence-electron chi connectivity index (χ3n) is 6.30. The van der Waals surface area contributed by atoms with E-state index in [1.165, 1.54) is 29.8 Å². The molecule has 5 nitrogen and oxygen atoms in total. The van der Waals surface area contributed by atoms with Gasteiger partial charge < -0.3 is 4.90 Å². The van der Waals surface area contributed by atoms with Crippen molar-refractivity contribution in [3.8, 4) is 0 Å². The second kappa shape index (κ2) is 11.2. The van der Waals surface area contributed by atoms with Crippen LogP contribution in [0, 0.1) is 5.92 Å². The zero-order valence-corrected chi connectivity index (χ0v) is 20.5. The molecular weight excluding hydrogens is 468 g/mol. The minimum Gasteiger partial charge on any atom is -0.341 e. The molecule has 0 bridgehead atoms. The van der Waals surface area contributed by atoms with Crippen LogP contribution in [0.4, 0.5) is 0 Å². The molecule has 4 rings (SSSR count). The van der Waals surface area contributed by atoms with Crippen molar-refractivity contribution in [2.24, 2.45) is 5.92 Å². The normalized spacial score (nSPS) is 15.7. The van der Waals surface area contributed by atoms with Crippen LogP contribution in [0.1, 0.15) is 24.0 Å². The van der Waals surface area contributed by atoms with E-state index in [4.69, 9.17) is 11.6 Å². The molecule has 1 atom stereocenters. The molecule has 1 aliphatic heterocycles. The van der Waals surface area contributed by atoms with Crippen LogP contribution in [0.2, 0.25) is 5.02 Å². The number of hydrogen-bond acceptors (Lipinski definition) is 3. The van der Waals surface area contributed by atoms with Crippen molar-refractivity contribution in [3.63, 3.8) is 0 Å². The average molecular weight is 497 g/mol. The lowest BCUT2D eigenvalue weighted by atomic mass is 9.90. The summed E-state index contributed by atoms with van der Waals surface area (Å²) in [5.74, 6) is 0.337. The van der Waals surface area contributed by atoms with Gasteiger partial charge in [-0.1, -0.05) is 72.3 Å². The van der Waals surface area contributed by atoms with Crippen molar-refractivity contribution in [2.45, 2.75) is 36.6 Å². The van der Waals surface area contributed by atoms with Gasteiger partial charge in [-0.15, -0.1) is 0 Å². The molecule has 1 N–H and O–H groups in total. The molecule has 0 unspecified atom stereocenters. The Kier molecular flexibility index (Phi) is 8.03. The van der Waals surface area contributed by atoms with Crippen LogP contribution < -0.4 is 4.72 Å². The van der Waals surface area contributed by atoms with E-state index in [-0.39, 0.29) is 17.2 Å². The molecule has 34 heavy (non-hydrogen) atoms. The number of carbonyl (C=O) groups is 1. The first-order valence-electron chi connectivity index (χ1n) is 11.6. The molecule has 0 aliphatic carbocycles. The van der Waals surface area contributed by atoms with Crippen molar-refractivity contribution >= 4 is 27.5 Å². The van der Waals surface area contributed by atoms with Crippen molar-refractivity contribution in [1.82, 2.24) is 9.62 Å². The smallest absolute Gasteiger partial charge is 0.241 e. The highest BCUT2D eigenvalue weighted by Gasteiger charge is 2.31. The van der Waals surface area contributed by atoms with Crippen molar-refractivity contribution in [2.75, 3.05) is 13.1 Å². The van der Waals surface area contributed by atoms with Crippen LogP contribution in [0.25, 0.3) is 0 Å². The van der Waals surface area contributed by atoms with Crippen molar-refractivity contribution in [3.05, 3.63) is 101 Å². The number of carbonyl (C=O) groups excluding carboxylic acids is 1. The van der Waals surface area contributed by atoms with Crippen LogP contribution in [0.3, 0.4) is 0 Å². The average Bonchev–Trinajstić information content (AvgIpc) is 2.85. The maximum absolute atomic E-state index is 13.5. The molecule has 7 heteroatoms. The molecule has 3 aromatic carbocycles. The quantitative estimate of drug-likeness (QED) is 0.491. The van der Waals surface area contributed by atoms with E-state index >= 15 is 0 Å². The standard InChI is InChI=1S/C27H29ClN2O3S/c28-24-11-13-25(14-12-24)34(32,33)29-26(20-22-9-5-2-6-10-22)27(31)30-17-15-23(16-18-30)19-21-7-3-1-4-8-21/h1-14,23,26,29H,15-20H2/t26-/m1/s1. The van der Waals surface area contributed by atoms with Gasteiger partial charge in [-0.25, -0.2) is 8.42 Å². The number of piperidine rings is 1. The Morgan fingerprint density at radius 1 is 0.882 bits per heavy atom. The Bertz CT molecular complexity index is 1180. The first-order valence-corrected chi connectivity index (χ1v) is 13.4. The van der Waals surface area contributed by atoms with E-state index in [2.05, 4.69) is 29.0 Å². The van der Waals surface area contributed by atoms with Crippen LogP contribution in [0.15, 0.2) is 89.8 Å². The lowest BCUT2D eigenvalue weighted by Crippen LogP contribution is -2.51. The van der Waals surface area contributed by atoms with Gasteiger partial charge in [0.2, 0.25) is 15.9 Å². The fourth-order valence-corrected chi connectivity index (χ4v) is 5.74. The number of benzene rings is 3. The number of rotatable bonds is 8. The third kappa shape index (κ3) is 6.47. The molecule has 1 amide bonds. The Labute approximate surface area is 206 Å². The van der Waals surface area contributed by atoms with Gasteiger partial charge in [-0.3, -0.25) is 4.79 Å². The van der Waals surface area contributed by atoms with Crippen molar-refractivity contribution in [1.29, 1.82) is 0 Å². The van der Waals surface area contributed by atoms with Crippen LogP contribution in [0.5, 0.6) is 0 Å². The summed E-state index contributed by atoms with van der Waals surface area (Å²) in [5, 5.41) is 0.453. The molecule has 0 spiro atoms. The summed E-state index contributed by atoms with van der Waals surface area (Å²) >= 11 is 5.91. The number of halogens is 1. The maximum Gasteiger partial charge on any atom is 0.241 e. The highest BCUT2D eigenvalue weighted by Crippen LogP contribution is 2.23. The molecular formula is C27H29ClN2O3S. The van der Waals surface area contributed by atoms with Crippen LogP contribution in [-0.2, 0) is 27.7 Å². The number of hydrogen-bond donors (Lipinski definition) is 1. The molecule has 0 radical (unpaired) electrons. The summed E-state index contributed by atoms with van der Waals surface area (Å²) in [6.45, 7) is 1.26. The summed E-state index contributed by atoms with van der Waals surface area (Å²) in [4.78, 5) is 15.4. The first-order chi connectivity index (χ1) is 16.4. The molecule has 0 saturated carbocycles. The summed E-state index contributed by atoms with van der Waals surface area (Å²) in [6, 6.07) is 25.0. The minimum absolute atomic E-state index is 0.0873. The molecule has 1 aliphatic rings. The molecule has 1 heterocycles. The number of nitrogens with zero attached hydrogens (tertiary/aromatic N) is 1. The van der Waals surface area contributed by atoms with Crippen LogP contribution >= 0.6 is 11.6 Å². The van der Waals surface area contributed by atoms with Gasteiger partial charge in [0.15, 0.2) is 0 Å². The lowest BCUT2D eigenvalue weighted by molar-refractivity contribution is -0.134. The predicted molar refractivity (Wildman–Crippen MR) is 135 cm³/mol. The topological polar surface area (TPSA) is 66.5 Å². The largest absolute Gasteiger partial charge is 0.341 e. The Hall–Kier alpha value is -2.67. The number of sulfonamides is 1. The summed E-state index contributed by atoms with van der Waals surface area (Å²) in [6.07, 6.45) is 3.10. The Balaban J connectivity index is 1.46. The van der Waals surface area contributed by atoms with E-state index in [0.717, 1.165) is 24.8 Å². The van der Waals surface area contributed by atoms with Gasteiger partial charge >= 0.3 is 0 Å². The number of nitrogens with one attached hydrogen (secondary N) is 1. The van der Waals surface area contributed by atoms with E-state index < -0.39 is 16.1 Å². The fraction of sp³-hybridized carbons (Fsp3) is 0.296. The second-order valence-corrected chi connectivity index (χ2v) is 10.9. The number of likely N-dealkylation sites (tertiary alicyclic amines) is 1. The second-order valence-electron chi connectivity index (χ2n) is 8.78. The Morgan fingerprint density at radius 2 is 1.44 bits per heavy atom.